The number of fused-ring (bicyclic) bond motifs is 9. The topological polar surface area (TPSA) is 66.8 Å². The summed E-state index contributed by atoms with van der Waals surface area (Å²) in [6, 6.07) is 57.5. The lowest BCUT2D eigenvalue weighted by Gasteiger charge is -2.19. The molecule has 0 saturated carbocycles. The number of para-hydroxylation sites is 2. The summed E-state index contributed by atoms with van der Waals surface area (Å²) in [5.41, 5.74) is 14.1. The Balaban J connectivity index is 1.23. The first-order valence-electron chi connectivity index (χ1n) is 16.3. The molecule has 0 radical (unpaired) electrons. The van der Waals surface area contributed by atoms with Crippen LogP contribution in [0.15, 0.2) is 164 Å². The number of benzene rings is 8. The van der Waals surface area contributed by atoms with Gasteiger partial charge in [0.25, 0.3) is 0 Å². The quantitative estimate of drug-likeness (QED) is 0.0779. The van der Waals surface area contributed by atoms with E-state index in [0.717, 1.165) is 43.9 Å². The fraction of sp³-hybridized carbons (Fsp3) is 0.0227. The Labute approximate surface area is 278 Å². The van der Waals surface area contributed by atoms with Crippen LogP contribution in [0.3, 0.4) is 0 Å². The largest absolute Gasteiger partial charge is 0.351 e. The maximum absolute atomic E-state index is 9.17. The maximum atomic E-state index is 9.17. The van der Waals surface area contributed by atoms with Crippen LogP contribution in [0.2, 0.25) is 0 Å². The van der Waals surface area contributed by atoms with Crippen molar-refractivity contribution < 1.29 is 0 Å². The van der Waals surface area contributed by atoms with Gasteiger partial charge in [0.05, 0.1) is 11.0 Å². The fourth-order valence-electron chi connectivity index (χ4n) is 7.38. The van der Waals surface area contributed by atoms with Gasteiger partial charge >= 0.3 is 0 Å². The minimum Gasteiger partial charge on any atom is -0.351 e. The van der Waals surface area contributed by atoms with Crippen LogP contribution >= 0.6 is 0 Å². The third kappa shape index (κ3) is 4.46. The predicted molar refractivity (Wildman–Crippen MR) is 202 cm³/mol. The Hall–Kier alpha value is -6.23. The SMILES string of the molecule is N=C(NC(N)c1ccccc1)c1cccc2c3ccccc3c3cc(-c4ccc5c(c4)c4ccccc4n5-c4ccccc4)ccc3c12. The average molecular weight is 617 g/mol. The summed E-state index contributed by atoms with van der Waals surface area (Å²) in [6.07, 6.45) is -0.491. The van der Waals surface area contributed by atoms with E-state index in [9.17, 15) is 0 Å². The Bertz CT molecular complexity index is 2670. The third-order valence-electron chi connectivity index (χ3n) is 9.61. The summed E-state index contributed by atoms with van der Waals surface area (Å²) in [6.45, 7) is 0. The highest BCUT2D eigenvalue weighted by atomic mass is 15.1. The number of nitrogens with one attached hydrogen (secondary N) is 2. The lowest BCUT2D eigenvalue weighted by molar-refractivity contribution is 0.680. The van der Waals surface area contributed by atoms with Crippen LogP contribution < -0.4 is 11.1 Å². The van der Waals surface area contributed by atoms with Crippen molar-refractivity contribution in [2.75, 3.05) is 0 Å². The zero-order valence-corrected chi connectivity index (χ0v) is 26.2. The van der Waals surface area contributed by atoms with Gasteiger partial charge in [-0.05, 0) is 80.0 Å². The highest BCUT2D eigenvalue weighted by Crippen LogP contribution is 2.40. The molecule has 9 aromatic rings. The van der Waals surface area contributed by atoms with Crippen LogP contribution in [-0.4, -0.2) is 10.4 Å². The molecule has 0 amide bonds. The Morgan fingerprint density at radius 2 is 1.06 bits per heavy atom. The van der Waals surface area contributed by atoms with E-state index in [4.69, 9.17) is 11.1 Å². The summed E-state index contributed by atoms with van der Waals surface area (Å²) < 4.78 is 2.35. The molecule has 4 heteroatoms. The van der Waals surface area contributed by atoms with Crippen molar-refractivity contribution in [1.82, 2.24) is 9.88 Å². The summed E-state index contributed by atoms with van der Waals surface area (Å²) in [5, 5.41) is 21.7. The highest BCUT2D eigenvalue weighted by Gasteiger charge is 2.18. The van der Waals surface area contributed by atoms with Gasteiger partial charge in [0.1, 0.15) is 12.0 Å². The van der Waals surface area contributed by atoms with E-state index in [1.165, 1.54) is 38.1 Å². The van der Waals surface area contributed by atoms with Crippen LogP contribution in [0.4, 0.5) is 0 Å². The molecule has 0 fully saturated rings. The van der Waals surface area contributed by atoms with E-state index in [0.29, 0.717) is 5.84 Å². The summed E-state index contributed by atoms with van der Waals surface area (Å²) >= 11 is 0. The van der Waals surface area contributed by atoms with Gasteiger partial charge in [-0.15, -0.1) is 0 Å². The Morgan fingerprint density at radius 1 is 0.500 bits per heavy atom. The molecule has 1 atom stereocenters. The van der Waals surface area contributed by atoms with Crippen molar-refractivity contribution in [3.63, 3.8) is 0 Å². The monoisotopic (exact) mass is 616 g/mol. The van der Waals surface area contributed by atoms with Crippen molar-refractivity contribution in [1.29, 1.82) is 5.41 Å². The molecule has 0 saturated heterocycles. The molecule has 0 aliphatic heterocycles. The molecule has 0 aliphatic rings. The van der Waals surface area contributed by atoms with Crippen LogP contribution in [-0.2, 0) is 0 Å². The molecule has 228 valence electrons. The molecule has 4 nitrogen and oxygen atoms in total. The zero-order chi connectivity index (χ0) is 32.2. The molecule has 4 N–H and O–H groups in total. The van der Waals surface area contributed by atoms with Crippen LogP contribution in [0.1, 0.15) is 17.3 Å². The van der Waals surface area contributed by atoms with Crippen molar-refractivity contribution in [2.24, 2.45) is 5.73 Å². The molecular formula is C44H32N4. The third-order valence-corrected chi connectivity index (χ3v) is 9.61. The van der Waals surface area contributed by atoms with Gasteiger partial charge in [-0.2, -0.15) is 0 Å². The molecule has 1 unspecified atom stereocenters. The van der Waals surface area contributed by atoms with Gasteiger partial charge in [-0.3, -0.25) is 5.41 Å². The van der Waals surface area contributed by atoms with E-state index in [1.54, 1.807) is 0 Å². The first-order chi connectivity index (χ1) is 23.7. The molecule has 0 bridgehead atoms. The Kier molecular flexibility index (Phi) is 6.56. The van der Waals surface area contributed by atoms with Crippen LogP contribution in [0, 0.1) is 5.41 Å². The number of nitrogens with two attached hydrogens (primary N) is 1. The van der Waals surface area contributed by atoms with E-state index in [2.05, 4.69) is 131 Å². The molecule has 0 spiro atoms. The second kappa shape index (κ2) is 11.2. The predicted octanol–water partition coefficient (Wildman–Crippen LogP) is 10.5. The lowest BCUT2D eigenvalue weighted by Crippen LogP contribution is -2.34. The minimum atomic E-state index is -0.491. The summed E-state index contributed by atoms with van der Waals surface area (Å²) in [5.74, 6) is 0.304. The van der Waals surface area contributed by atoms with E-state index < -0.39 is 6.17 Å². The molecule has 1 heterocycles. The first-order valence-corrected chi connectivity index (χ1v) is 16.3. The summed E-state index contributed by atoms with van der Waals surface area (Å²) in [7, 11) is 0. The number of rotatable bonds is 5. The first kappa shape index (κ1) is 28.0. The molecular weight excluding hydrogens is 585 g/mol. The van der Waals surface area contributed by atoms with E-state index in [1.807, 2.05) is 42.5 Å². The van der Waals surface area contributed by atoms with Crippen molar-refractivity contribution >= 4 is 60.0 Å². The van der Waals surface area contributed by atoms with Gasteiger partial charge in [0.2, 0.25) is 0 Å². The highest BCUT2D eigenvalue weighted by molar-refractivity contribution is 6.30. The van der Waals surface area contributed by atoms with E-state index in [-0.39, 0.29) is 0 Å². The number of hydrogen-bond acceptors (Lipinski definition) is 2. The number of aromatic nitrogens is 1. The smallest absolute Gasteiger partial charge is 0.127 e. The maximum Gasteiger partial charge on any atom is 0.127 e. The second-order valence-electron chi connectivity index (χ2n) is 12.4. The van der Waals surface area contributed by atoms with Crippen LogP contribution in [0.5, 0.6) is 0 Å². The number of nitrogens with zero attached hydrogens (tertiary/aromatic N) is 1. The second-order valence-corrected chi connectivity index (χ2v) is 12.4. The number of amidine groups is 1. The lowest BCUT2D eigenvalue weighted by atomic mass is 9.89. The van der Waals surface area contributed by atoms with Gasteiger partial charge in [-0.1, -0.05) is 127 Å². The van der Waals surface area contributed by atoms with Gasteiger partial charge in [0, 0.05) is 27.4 Å². The fourth-order valence-corrected chi connectivity index (χ4v) is 7.38. The standard InChI is InChI=1S/C44H32N4/c45-43(28-12-3-1-4-13-28)47-44(46)37-20-11-19-35-32-16-7-8-17-33(32)38-26-29(22-24-36(38)42(35)37)30-23-25-41-39(27-30)34-18-9-10-21-40(34)48(41)31-14-5-2-6-15-31/h1-27,43H,45H2,(H2,46,47). The molecule has 9 rings (SSSR count). The minimum absolute atomic E-state index is 0.304. The number of hydrogen-bond donors (Lipinski definition) is 3. The van der Waals surface area contributed by atoms with Crippen molar-refractivity contribution in [3.8, 4) is 16.8 Å². The van der Waals surface area contributed by atoms with Gasteiger partial charge in [-0.25, -0.2) is 0 Å². The average Bonchev–Trinajstić information content (AvgIpc) is 3.49. The molecule has 1 aromatic heterocycles. The van der Waals surface area contributed by atoms with Gasteiger partial charge < -0.3 is 15.6 Å². The molecule has 0 aliphatic carbocycles. The normalized spacial score (nSPS) is 12.3. The Morgan fingerprint density at radius 3 is 1.83 bits per heavy atom. The zero-order valence-electron chi connectivity index (χ0n) is 26.2. The molecule has 48 heavy (non-hydrogen) atoms. The van der Waals surface area contributed by atoms with E-state index >= 15 is 0 Å². The summed E-state index contributed by atoms with van der Waals surface area (Å²) in [4.78, 5) is 0. The van der Waals surface area contributed by atoms with Crippen LogP contribution in [0.25, 0.3) is 70.9 Å². The van der Waals surface area contributed by atoms with Crippen molar-refractivity contribution in [2.45, 2.75) is 6.17 Å². The molecule has 8 aromatic carbocycles. The van der Waals surface area contributed by atoms with Gasteiger partial charge in [0.15, 0.2) is 0 Å². The van der Waals surface area contributed by atoms with Crippen molar-refractivity contribution in [3.05, 3.63) is 175 Å².